The molecule has 3 unspecified atom stereocenters. The Balaban J connectivity index is 0.000000110. The number of fused-ring (bicyclic) bond motifs is 19. The average Bonchev–Trinajstić information content (AvgIpc) is 1.55. The summed E-state index contributed by atoms with van der Waals surface area (Å²) in [6, 6.07) is 153. The SMILES string of the molecule is CC1(F)c2ccc[c-]c2-c2nccc3cccc1c23.COC1(C)c2ccc[c-]c2-c2nccc3cccc1c23.FC1(c2ccccc2)c2ccc[c-]c2-c2nccc3cccc1c23.O=C1c2ccc[c-]c2-c2nccc3cccc1c23.[Ir].[Ir].[Ir].[Ir].[Ir].[Ir].[c-]1cccc2c1-c1nccc3cccc(c13)C2(c1ccccc1)c1ccccc1.[c-]1cccc2c1-c1nccc3cccc(c13)C21c2ccccc2-c2ccccc21. The Labute approximate surface area is 920 Å². The molecule has 0 saturated heterocycles. The van der Waals surface area contributed by atoms with E-state index >= 15 is 8.78 Å². The number of hydrogen-bond acceptors (Lipinski definition) is 8. The summed E-state index contributed by atoms with van der Waals surface area (Å²) < 4.78 is 37.9. The minimum atomic E-state index is -1.70. The van der Waals surface area contributed by atoms with Crippen molar-refractivity contribution in [2.24, 2.45) is 0 Å². The summed E-state index contributed by atoms with van der Waals surface area (Å²) >= 11 is 0. The average molecular weight is 2940 g/mol. The Kier molecular flexibility index (Phi) is 28.0. The van der Waals surface area contributed by atoms with Gasteiger partial charge in [0.25, 0.3) is 0 Å². The Morgan fingerprint density at radius 1 is 0.228 bits per heavy atom. The molecule has 23 aromatic rings. The third-order valence-electron chi connectivity index (χ3n) is 29.1. The first kappa shape index (κ1) is 100. The molecule has 0 N–H and O–H groups in total. The molecule has 7 aliphatic carbocycles. The van der Waals surface area contributed by atoms with Crippen molar-refractivity contribution in [3.8, 4) is 78.7 Å². The van der Waals surface area contributed by atoms with Crippen LogP contribution in [0.2, 0.25) is 0 Å². The molecule has 6 heterocycles. The van der Waals surface area contributed by atoms with Crippen LogP contribution in [0.3, 0.4) is 0 Å². The van der Waals surface area contributed by atoms with E-state index in [1.54, 1.807) is 32.6 Å². The van der Waals surface area contributed by atoms with Gasteiger partial charge in [0.2, 0.25) is 0 Å². The Bertz CT molecular complexity index is 8740. The summed E-state index contributed by atoms with van der Waals surface area (Å²) in [7, 11) is 1.76. The topological polar surface area (TPSA) is 104 Å². The molecule has 6 radical (unpaired) electrons. The maximum Gasteiger partial charge on any atom is 0.153 e. The molecular formula is C129H80F2Ir6N6O2-6. The second-order valence-corrected chi connectivity index (χ2v) is 36.0. The first-order valence-corrected chi connectivity index (χ1v) is 46.6. The van der Waals surface area contributed by atoms with Crippen molar-refractivity contribution in [3.05, 3.63) is 562 Å². The Morgan fingerprint density at radius 2 is 0.503 bits per heavy atom. The van der Waals surface area contributed by atoms with Gasteiger partial charge in [-0.1, -0.05) is 271 Å². The quantitative estimate of drug-likeness (QED) is 0.161. The zero-order chi connectivity index (χ0) is 93.3. The van der Waals surface area contributed by atoms with Crippen LogP contribution in [0.1, 0.15) is 113 Å². The van der Waals surface area contributed by atoms with Gasteiger partial charge in [0, 0.05) is 181 Å². The molecule has 0 fully saturated rings. The Morgan fingerprint density at radius 3 is 0.952 bits per heavy atom. The second-order valence-electron chi connectivity index (χ2n) is 36.0. The molecule has 3 atom stereocenters. The third kappa shape index (κ3) is 15.6. The number of benzene rings is 17. The number of ketones is 1. The molecule has 7 aliphatic rings. The van der Waals surface area contributed by atoms with Gasteiger partial charge >= 0.3 is 0 Å². The number of alkyl halides is 2. The van der Waals surface area contributed by atoms with Crippen molar-refractivity contribution in [3.63, 3.8) is 0 Å². The van der Waals surface area contributed by atoms with Gasteiger partial charge in [0.1, 0.15) is 5.67 Å². The van der Waals surface area contributed by atoms with Gasteiger partial charge < -0.3 is 34.6 Å². The van der Waals surface area contributed by atoms with E-state index in [0.29, 0.717) is 33.4 Å². The predicted molar refractivity (Wildman–Crippen MR) is 551 cm³/mol. The van der Waals surface area contributed by atoms with Crippen LogP contribution in [-0.2, 0) is 153 Å². The number of methoxy groups -OCH3 is 1. The first-order chi connectivity index (χ1) is 68.4. The van der Waals surface area contributed by atoms with Crippen LogP contribution in [0.4, 0.5) is 8.78 Å². The van der Waals surface area contributed by atoms with Crippen LogP contribution in [0.15, 0.2) is 431 Å². The number of hydrogen-bond donors (Lipinski definition) is 0. The minimum absolute atomic E-state index is 0. The van der Waals surface area contributed by atoms with Crippen LogP contribution in [-0.4, -0.2) is 42.8 Å². The number of carbonyl (C=O) groups excluding carboxylic acids is 1. The molecule has 0 saturated carbocycles. The molecule has 8 nitrogen and oxygen atoms in total. The summed E-state index contributed by atoms with van der Waals surface area (Å²) in [5.41, 5.74) is 26.7. The number of pyridine rings is 6. The van der Waals surface area contributed by atoms with Crippen LogP contribution in [0.5, 0.6) is 0 Å². The molecule has 0 bridgehead atoms. The first-order valence-electron chi connectivity index (χ1n) is 46.6. The number of rotatable bonds is 4. The van der Waals surface area contributed by atoms with E-state index in [4.69, 9.17) is 14.7 Å². The number of nitrogens with zero attached hydrogens (tertiary/aromatic N) is 6. The molecule has 16 heteroatoms. The molecule has 30 rings (SSSR count). The van der Waals surface area contributed by atoms with Crippen LogP contribution < -0.4 is 0 Å². The van der Waals surface area contributed by atoms with Crippen LogP contribution >= 0.6 is 0 Å². The fourth-order valence-corrected chi connectivity index (χ4v) is 23.1. The van der Waals surface area contributed by atoms with Gasteiger partial charge in [-0.05, 0) is 216 Å². The zero-order valence-electron chi connectivity index (χ0n) is 77.7. The van der Waals surface area contributed by atoms with E-state index in [2.05, 4.69) is 270 Å². The summed E-state index contributed by atoms with van der Waals surface area (Å²) in [4.78, 5) is 40.1. The molecule has 6 aromatic heterocycles. The number of aromatic nitrogens is 6. The largest absolute Gasteiger partial charge is 0.379 e. The summed E-state index contributed by atoms with van der Waals surface area (Å²) in [6.07, 6.45) is 11.0. The fourth-order valence-electron chi connectivity index (χ4n) is 23.1. The van der Waals surface area contributed by atoms with Crippen LogP contribution in [0, 0.1) is 36.4 Å². The maximum atomic E-state index is 16.7. The molecule has 1 spiro atoms. The molecular weight excluding hydrogens is 2860 g/mol. The Hall–Kier alpha value is -13.4. The fraction of sp³-hybridized carbons (Fsp3) is 0.0620. The van der Waals surface area contributed by atoms with Crippen molar-refractivity contribution in [1.29, 1.82) is 0 Å². The van der Waals surface area contributed by atoms with Gasteiger partial charge in [-0.15, -0.1) is 190 Å². The van der Waals surface area contributed by atoms with E-state index in [9.17, 15) is 4.79 Å². The molecule has 145 heavy (non-hydrogen) atoms. The van der Waals surface area contributed by atoms with Crippen molar-refractivity contribution in [1.82, 2.24) is 29.9 Å². The molecule has 17 aromatic carbocycles. The molecule has 0 amide bonds. The van der Waals surface area contributed by atoms with Crippen molar-refractivity contribution in [2.75, 3.05) is 7.11 Å². The smallest absolute Gasteiger partial charge is 0.153 e. The summed E-state index contributed by atoms with van der Waals surface area (Å²) in [5, 5.41) is 13.1. The predicted octanol–water partition coefficient (Wildman–Crippen LogP) is 29.5. The number of carbonyl (C=O) groups is 1. The standard InChI is InChI=1S/C28H16N.C28H18N.C22H13FN.C18H14NO.C17H11FN.C16H8NO.6Ir/c1-4-12-22-19(9-1)20-10-2-5-13-23(20)28(22)24-14-6-3-11-21(24)27-26-18(16-17-29-27)8-7-15-25(26)28;1-3-11-21(12-4-1)28(22-13-5-2-6-14-22)24-16-8-7-15-23(24)27-26-20(18-19-29-27)10-9-17-25(26)28;23-22(16-8-2-1-3-9-16)18-11-5-4-10-17(18)21-20-15(13-14-24-21)7-6-12-19(20)22;1-18(20-2)14-8-4-3-7-13(14)17-16-12(10-11-19-17)6-5-9-15(16)18;1-17(18)13-7-3-2-6-12(13)16-15-11(9-10-19-16)5-4-8-14(15)17;18-16-12-6-2-1-5-11(12)15-14-10(8-9-17-15)4-3-7-13(14)16;;;;;;/h1-10,12-17H;1-14,16-19H;1-9,11-14H;3-6,8-11H,1-2H3;2-5,7-10H,1H3;1-4,6-9H;;;;;;/q6*-1;;;;;;. The zero-order valence-corrected chi connectivity index (χ0v) is 92.1. The van der Waals surface area contributed by atoms with E-state index in [-0.39, 0.29) is 132 Å². The number of ether oxygens (including phenoxy) is 1. The van der Waals surface area contributed by atoms with E-state index < -0.39 is 22.4 Å². The molecule has 712 valence electrons. The van der Waals surface area contributed by atoms with Crippen molar-refractivity contribution in [2.45, 2.75) is 41.6 Å². The van der Waals surface area contributed by atoms with Gasteiger partial charge in [-0.2, -0.15) is 0 Å². The van der Waals surface area contributed by atoms with Crippen LogP contribution in [0.25, 0.3) is 143 Å². The monoisotopic (exact) mass is 2940 g/mol. The van der Waals surface area contributed by atoms with Gasteiger partial charge in [0.05, 0.1) is 5.60 Å². The van der Waals surface area contributed by atoms with Gasteiger partial charge in [0.15, 0.2) is 11.5 Å². The van der Waals surface area contributed by atoms with Crippen molar-refractivity contribution < 1.29 is 139 Å². The normalized spacial score (nSPS) is 15.7. The summed E-state index contributed by atoms with van der Waals surface area (Å²) in [5.74, 6) is 0.0629. The van der Waals surface area contributed by atoms with E-state index in [1.165, 1.54) is 93.5 Å². The van der Waals surface area contributed by atoms with E-state index in [0.717, 1.165) is 111 Å². The minimum Gasteiger partial charge on any atom is -0.379 e. The summed E-state index contributed by atoms with van der Waals surface area (Å²) in [6.45, 7) is 3.73. The van der Waals surface area contributed by atoms with Gasteiger partial charge in [-0.25, -0.2) is 8.78 Å². The third-order valence-corrected chi connectivity index (χ3v) is 29.1. The van der Waals surface area contributed by atoms with Crippen molar-refractivity contribution >= 4 is 70.4 Å². The van der Waals surface area contributed by atoms with Gasteiger partial charge in [-0.3, -0.25) is 4.79 Å². The molecule has 0 aliphatic heterocycles. The second kappa shape index (κ2) is 40.5. The number of halogens is 2. The maximum absolute atomic E-state index is 16.7. The van der Waals surface area contributed by atoms with E-state index in [1.807, 2.05) is 207 Å².